The highest BCUT2D eigenvalue weighted by molar-refractivity contribution is 8.00. The fourth-order valence-electron chi connectivity index (χ4n) is 2.30. The summed E-state index contributed by atoms with van der Waals surface area (Å²) in [6.45, 7) is 0.728. The smallest absolute Gasteiger partial charge is 0.273 e. The minimum Gasteiger partial charge on any atom is -0.616 e. The Labute approximate surface area is 126 Å². The van der Waals surface area contributed by atoms with Crippen LogP contribution < -0.4 is 0 Å². The second kappa shape index (κ2) is 7.24. The number of hydrogen-bond acceptors (Lipinski definition) is 4. The fraction of sp³-hybridized carbons (Fsp3) is 0.500. The minimum absolute atomic E-state index is 0.0295. The molecule has 0 saturated carbocycles. The molecule has 0 radical (unpaired) electrons. The van der Waals surface area contributed by atoms with Crippen LogP contribution in [0.5, 0.6) is 5.75 Å². The Kier molecular flexibility index (Phi) is 5.63. The van der Waals surface area contributed by atoms with Gasteiger partial charge in [0, 0.05) is 12.3 Å². The number of rotatable bonds is 5. The SMILES string of the molecule is C[S@+]([O-])CC(=O)N1CCS[C@@H]1CCc1ccccc1O. The summed E-state index contributed by atoms with van der Waals surface area (Å²) in [6, 6.07) is 7.29. The van der Waals surface area contributed by atoms with Crippen LogP contribution >= 0.6 is 11.8 Å². The van der Waals surface area contributed by atoms with Gasteiger partial charge in [-0.15, -0.1) is 11.8 Å². The monoisotopic (exact) mass is 313 g/mol. The summed E-state index contributed by atoms with van der Waals surface area (Å²) < 4.78 is 11.2. The molecule has 1 N–H and O–H groups in total. The highest BCUT2D eigenvalue weighted by Crippen LogP contribution is 2.29. The van der Waals surface area contributed by atoms with Crippen molar-refractivity contribution in [2.45, 2.75) is 18.2 Å². The molecule has 4 nitrogen and oxygen atoms in total. The van der Waals surface area contributed by atoms with E-state index >= 15 is 0 Å². The number of hydrogen-bond donors (Lipinski definition) is 1. The van der Waals surface area contributed by atoms with Crippen molar-refractivity contribution in [3.63, 3.8) is 0 Å². The number of nitrogens with zero attached hydrogens (tertiary/aromatic N) is 1. The second-order valence-electron chi connectivity index (χ2n) is 4.80. The average molecular weight is 313 g/mol. The summed E-state index contributed by atoms with van der Waals surface area (Å²) in [5.74, 6) is 1.31. The van der Waals surface area contributed by atoms with Gasteiger partial charge in [-0.05, 0) is 35.6 Å². The van der Waals surface area contributed by atoms with Crippen LogP contribution in [0, 0.1) is 0 Å². The predicted octanol–water partition coefficient (Wildman–Crippen LogP) is 1.60. The Morgan fingerprint density at radius 3 is 3.00 bits per heavy atom. The van der Waals surface area contributed by atoms with E-state index in [0.29, 0.717) is 5.75 Å². The first kappa shape index (κ1) is 15.5. The Bertz CT molecular complexity index is 467. The maximum Gasteiger partial charge on any atom is 0.273 e. The summed E-state index contributed by atoms with van der Waals surface area (Å²) >= 11 is 0.665. The molecule has 1 saturated heterocycles. The molecule has 6 heteroatoms. The van der Waals surface area contributed by atoms with Crippen molar-refractivity contribution < 1.29 is 14.5 Å². The van der Waals surface area contributed by atoms with Gasteiger partial charge in [-0.2, -0.15) is 0 Å². The zero-order valence-corrected chi connectivity index (χ0v) is 13.1. The molecule has 1 aromatic rings. The van der Waals surface area contributed by atoms with Crippen molar-refractivity contribution in [2.24, 2.45) is 0 Å². The molecule has 1 aromatic carbocycles. The van der Waals surface area contributed by atoms with E-state index in [0.717, 1.165) is 30.7 Å². The molecule has 20 heavy (non-hydrogen) atoms. The van der Waals surface area contributed by atoms with Crippen LogP contribution in [0.15, 0.2) is 24.3 Å². The third kappa shape index (κ3) is 4.07. The van der Waals surface area contributed by atoms with Gasteiger partial charge in [-0.25, -0.2) is 0 Å². The molecule has 1 aliphatic rings. The lowest BCUT2D eigenvalue weighted by Gasteiger charge is -2.23. The van der Waals surface area contributed by atoms with E-state index in [4.69, 9.17) is 0 Å². The number of phenolic OH excluding ortho intramolecular Hbond substituents is 1. The van der Waals surface area contributed by atoms with Gasteiger partial charge in [0.15, 0.2) is 5.75 Å². The average Bonchev–Trinajstić information content (AvgIpc) is 2.85. The number of carbonyl (C=O) groups is 1. The van der Waals surface area contributed by atoms with E-state index in [1.807, 2.05) is 17.0 Å². The molecule has 1 aliphatic heterocycles. The number of benzene rings is 1. The van der Waals surface area contributed by atoms with Crippen molar-refractivity contribution >= 4 is 28.8 Å². The first-order valence-corrected chi connectivity index (χ1v) is 9.33. The maximum absolute atomic E-state index is 12.0. The van der Waals surface area contributed by atoms with Crippen LogP contribution in [-0.4, -0.2) is 50.1 Å². The Morgan fingerprint density at radius 2 is 2.30 bits per heavy atom. The van der Waals surface area contributed by atoms with E-state index in [2.05, 4.69) is 0 Å². The first-order chi connectivity index (χ1) is 9.58. The van der Waals surface area contributed by atoms with Crippen molar-refractivity contribution in [3.8, 4) is 5.75 Å². The standard InChI is InChI=1S/C14H19NO3S2/c1-20(18)10-13(17)15-8-9-19-14(15)7-6-11-4-2-3-5-12(11)16/h2-5,14,16H,6-10H2,1H3/t14-,20+/m1/s1. The molecular weight excluding hydrogens is 294 g/mol. The highest BCUT2D eigenvalue weighted by Gasteiger charge is 2.30. The normalized spacial score (nSPS) is 20.1. The molecule has 1 fully saturated rings. The molecular formula is C14H19NO3S2. The second-order valence-corrected chi connectivity index (χ2v) is 7.52. The summed E-state index contributed by atoms with van der Waals surface area (Å²) in [5, 5.41) is 9.88. The largest absolute Gasteiger partial charge is 0.616 e. The van der Waals surface area contributed by atoms with Gasteiger partial charge in [0.2, 0.25) is 0 Å². The molecule has 0 aromatic heterocycles. The minimum atomic E-state index is -1.09. The first-order valence-electron chi connectivity index (χ1n) is 6.56. The Morgan fingerprint density at radius 1 is 1.55 bits per heavy atom. The zero-order valence-electron chi connectivity index (χ0n) is 11.4. The number of aryl methyl sites for hydroxylation is 1. The molecule has 0 spiro atoms. The van der Waals surface area contributed by atoms with E-state index in [1.165, 1.54) is 0 Å². The third-order valence-electron chi connectivity index (χ3n) is 3.29. The maximum atomic E-state index is 12.0. The van der Waals surface area contributed by atoms with Gasteiger partial charge in [0.05, 0.1) is 11.6 Å². The van der Waals surface area contributed by atoms with Gasteiger partial charge >= 0.3 is 0 Å². The van der Waals surface area contributed by atoms with E-state index in [9.17, 15) is 14.5 Å². The van der Waals surface area contributed by atoms with Gasteiger partial charge < -0.3 is 14.6 Å². The van der Waals surface area contributed by atoms with E-state index in [-0.39, 0.29) is 17.0 Å². The fourth-order valence-corrected chi connectivity index (χ4v) is 4.08. The molecule has 2 rings (SSSR count). The van der Waals surface area contributed by atoms with Crippen molar-refractivity contribution in [3.05, 3.63) is 29.8 Å². The predicted molar refractivity (Wildman–Crippen MR) is 83.3 cm³/mol. The number of phenols is 1. The zero-order chi connectivity index (χ0) is 14.5. The molecule has 0 bridgehead atoms. The molecule has 110 valence electrons. The highest BCUT2D eigenvalue weighted by atomic mass is 32.2. The number of carbonyl (C=O) groups excluding carboxylic acids is 1. The lowest BCUT2D eigenvalue weighted by Crippen LogP contribution is -2.38. The Hall–Kier alpha value is -0.850. The van der Waals surface area contributed by atoms with E-state index in [1.54, 1.807) is 30.2 Å². The van der Waals surface area contributed by atoms with Crippen LogP contribution in [0.1, 0.15) is 12.0 Å². The lowest BCUT2D eigenvalue weighted by molar-refractivity contribution is -0.128. The quantitative estimate of drug-likeness (QED) is 0.839. The van der Waals surface area contributed by atoms with Gasteiger partial charge in [-0.1, -0.05) is 18.2 Å². The van der Waals surface area contributed by atoms with Crippen LogP contribution in [0.4, 0.5) is 0 Å². The molecule has 1 amide bonds. The van der Waals surface area contributed by atoms with Crippen LogP contribution in [0.3, 0.4) is 0 Å². The number of thioether (sulfide) groups is 1. The van der Waals surface area contributed by atoms with Crippen molar-refractivity contribution in [2.75, 3.05) is 24.3 Å². The number of aromatic hydroxyl groups is 1. The summed E-state index contributed by atoms with van der Waals surface area (Å²) in [6.07, 6.45) is 3.10. The van der Waals surface area contributed by atoms with Gasteiger partial charge in [-0.3, -0.25) is 4.79 Å². The number of para-hydroxylation sites is 1. The molecule has 2 atom stereocenters. The van der Waals surface area contributed by atoms with Crippen molar-refractivity contribution in [1.29, 1.82) is 0 Å². The topological polar surface area (TPSA) is 63.6 Å². The lowest BCUT2D eigenvalue weighted by atomic mass is 10.1. The molecule has 1 heterocycles. The molecule has 0 aliphatic carbocycles. The summed E-state index contributed by atoms with van der Waals surface area (Å²) in [7, 11) is 0. The Balaban J connectivity index is 1.91. The molecule has 0 unspecified atom stereocenters. The van der Waals surface area contributed by atoms with Gasteiger partial charge in [0.1, 0.15) is 5.75 Å². The van der Waals surface area contributed by atoms with E-state index < -0.39 is 11.2 Å². The van der Waals surface area contributed by atoms with Gasteiger partial charge in [0.25, 0.3) is 5.91 Å². The van der Waals surface area contributed by atoms with Crippen LogP contribution in [0.25, 0.3) is 0 Å². The van der Waals surface area contributed by atoms with Crippen LogP contribution in [-0.2, 0) is 22.4 Å². The summed E-state index contributed by atoms with van der Waals surface area (Å²) in [4.78, 5) is 13.8. The van der Waals surface area contributed by atoms with Crippen LogP contribution in [0.2, 0.25) is 0 Å². The number of amides is 1. The summed E-state index contributed by atoms with van der Waals surface area (Å²) in [5.41, 5.74) is 0.909. The third-order valence-corrected chi connectivity index (χ3v) is 5.24. The van der Waals surface area contributed by atoms with Crippen molar-refractivity contribution in [1.82, 2.24) is 4.90 Å².